The maximum atomic E-state index is 12.7. The van der Waals surface area contributed by atoms with Gasteiger partial charge in [0.25, 0.3) is 0 Å². The smallest absolute Gasteiger partial charge is 0.221 e. The van der Waals surface area contributed by atoms with E-state index in [1.807, 2.05) is 55.7 Å². The fraction of sp³-hybridized carbons (Fsp3) is 0.391. The molecule has 3 aromatic rings. The summed E-state index contributed by atoms with van der Waals surface area (Å²) in [5.41, 5.74) is 4.08. The lowest BCUT2D eigenvalue weighted by atomic mass is 9.92. The summed E-state index contributed by atoms with van der Waals surface area (Å²) in [7, 11) is 1.66. The number of hydrogen-bond acceptors (Lipinski definition) is 3. The first-order valence-corrected chi connectivity index (χ1v) is 9.82. The van der Waals surface area contributed by atoms with E-state index < -0.39 is 0 Å². The van der Waals surface area contributed by atoms with Gasteiger partial charge in [0.1, 0.15) is 11.4 Å². The van der Waals surface area contributed by atoms with Crippen LogP contribution < -0.4 is 10.1 Å². The Kier molecular flexibility index (Phi) is 6.34. The molecule has 5 heteroatoms. The Bertz CT molecular complexity index is 946. The summed E-state index contributed by atoms with van der Waals surface area (Å²) in [5.74, 6) is 1.30. The van der Waals surface area contributed by atoms with Crippen LogP contribution in [0.2, 0.25) is 0 Å². The molecule has 1 amide bonds. The highest BCUT2D eigenvalue weighted by molar-refractivity contribution is 5.77. The van der Waals surface area contributed by atoms with E-state index in [1.54, 1.807) is 7.11 Å². The fourth-order valence-electron chi connectivity index (χ4n) is 3.44. The molecule has 0 aliphatic rings. The summed E-state index contributed by atoms with van der Waals surface area (Å²) in [6, 6.07) is 12.0. The van der Waals surface area contributed by atoms with Crippen molar-refractivity contribution in [3.05, 3.63) is 65.6 Å². The molecule has 0 aliphatic carbocycles. The number of fused-ring (bicyclic) bond motifs is 1. The number of carbonyl (C=O) groups excluding carboxylic acids is 1. The zero-order valence-corrected chi connectivity index (χ0v) is 17.1. The van der Waals surface area contributed by atoms with Gasteiger partial charge in [-0.15, -0.1) is 0 Å². The van der Waals surface area contributed by atoms with Crippen molar-refractivity contribution in [2.75, 3.05) is 13.7 Å². The van der Waals surface area contributed by atoms with E-state index in [0.717, 1.165) is 34.6 Å². The number of nitrogens with one attached hydrogen (secondary N) is 1. The zero-order valence-electron chi connectivity index (χ0n) is 17.1. The molecule has 0 aliphatic heterocycles. The number of methoxy groups -OCH3 is 1. The first-order valence-electron chi connectivity index (χ1n) is 9.82. The molecule has 1 unspecified atom stereocenters. The summed E-state index contributed by atoms with van der Waals surface area (Å²) >= 11 is 0. The molecule has 0 fully saturated rings. The van der Waals surface area contributed by atoms with Crippen molar-refractivity contribution in [2.45, 2.75) is 39.5 Å². The average molecular weight is 380 g/mol. The third kappa shape index (κ3) is 4.53. The highest BCUT2D eigenvalue weighted by Crippen LogP contribution is 2.31. The van der Waals surface area contributed by atoms with E-state index in [9.17, 15) is 4.79 Å². The van der Waals surface area contributed by atoms with Crippen LogP contribution in [0.15, 0.2) is 48.8 Å². The van der Waals surface area contributed by atoms with E-state index in [4.69, 9.17) is 4.74 Å². The van der Waals surface area contributed by atoms with Gasteiger partial charge in [-0.2, -0.15) is 0 Å². The lowest BCUT2D eigenvalue weighted by Crippen LogP contribution is -2.27. The Morgan fingerprint density at radius 1 is 1.25 bits per heavy atom. The van der Waals surface area contributed by atoms with Crippen molar-refractivity contribution in [3.63, 3.8) is 0 Å². The molecule has 0 bridgehead atoms. The van der Waals surface area contributed by atoms with Crippen LogP contribution in [-0.4, -0.2) is 28.9 Å². The van der Waals surface area contributed by atoms with Gasteiger partial charge in [0.15, 0.2) is 0 Å². The van der Waals surface area contributed by atoms with Gasteiger partial charge in [-0.25, -0.2) is 4.98 Å². The van der Waals surface area contributed by atoms with Gasteiger partial charge < -0.3 is 14.5 Å². The Hall–Kier alpha value is -2.82. The Labute approximate surface area is 166 Å². The number of aryl methyl sites for hydroxylation is 1. The van der Waals surface area contributed by atoms with Gasteiger partial charge in [0, 0.05) is 31.3 Å². The molecule has 5 nitrogen and oxygen atoms in total. The average Bonchev–Trinajstić information content (AvgIpc) is 3.11. The summed E-state index contributed by atoms with van der Waals surface area (Å²) in [4.78, 5) is 17.3. The third-order valence-corrected chi connectivity index (χ3v) is 5.05. The van der Waals surface area contributed by atoms with Gasteiger partial charge in [0.2, 0.25) is 5.91 Å². The van der Waals surface area contributed by atoms with Gasteiger partial charge in [0.05, 0.1) is 12.8 Å². The summed E-state index contributed by atoms with van der Waals surface area (Å²) < 4.78 is 7.49. The van der Waals surface area contributed by atoms with Crippen LogP contribution in [0.3, 0.4) is 0 Å². The normalized spacial score (nSPS) is 12.3. The number of pyridine rings is 1. The van der Waals surface area contributed by atoms with Crippen molar-refractivity contribution in [1.29, 1.82) is 0 Å². The number of amides is 1. The van der Waals surface area contributed by atoms with E-state index in [0.29, 0.717) is 18.9 Å². The number of ether oxygens (including phenoxy) is 1. The Morgan fingerprint density at radius 2 is 2.07 bits per heavy atom. The molecule has 148 valence electrons. The van der Waals surface area contributed by atoms with E-state index in [2.05, 4.69) is 28.5 Å². The minimum atomic E-state index is -0.106. The molecule has 1 aromatic carbocycles. The van der Waals surface area contributed by atoms with E-state index >= 15 is 0 Å². The number of hydrogen-bond donors (Lipinski definition) is 1. The lowest BCUT2D eigenvalue weighted by Gasteiger charge is -2.18. The van der Waals surface area contributed by atoms with Crippen LogP contribution in [0, 0.1) is 12.8 Å². The summed E-state index contributed by atoms with van der Waals surface area (Å²) in [6.45, 7) is 7.07. The van der Waals surface area contributed by atoms with Crippen LogP contribution in [-0.2, 0) is 4.79 Å². The Morgan fingerprint density at radius 3 is 2.82 bits per heavy atom. The van der Waals surface area contributed by atoms with Gasteiger partial charge in [-0.3, -0.25) is 4.79 Å². The number of benzene rings is 1. The van der Waals surface area contributed by atoms with Crippen LogP contribution in [0.25, 0.3) is 5.65 Å². The second-order valence-electron chi connectivity index (χ2n) is 7.63. The van der Waals surface area contributed by atoms with Gasteiger partial charge in [-0.05, 0) is 48.6 Å². The van der Waals surface area contributed by atoms with Crippen LogP contribution in [0.5, 0.6) is 5.75 Å². The first kappa shape index (κ1) is 19.9. The molecule has 0 saturated heterocycles. The summed E-state index contributed by atoms with van der Waals surface area (Å²) in [6.07, 6.45) is 5.24. The minimum absolute atomic E-state index is 0.0519. The standard InChI is InChI=1S/C23H29N3O2/c1-16(2)10-11-24-22(27)14-20(18-8-5-9-19(13-18)28-4)21-15-25-23-17(3)7-6-12-26(21)23/h5-9,12-13,15-16,20H,10-11,14H2,1-4H3,(H,24,27). The quantitative estimate of drug-likeness (QED) is 0.634. The van der Waals surface area contributed by atoms with Crippen LogP contribution >= 0.6 is 0 Å². The van der Waals surface area contributed by atoms with Crippen LogP contribution in [0.1, 0.15) is 49.4 Å². The molecule has 0 saturated carbocycles. The lowest BCUT2D eigenvalue weighted by molar-refractivity contribution is -0.121. The maximum Gasteiger partial charge on any atom is 0.221 e. The van der Waals surface area contributed by atoms with Crippen molar-refractivity contribution in [2.24, 2.45) is 5.92 Å². The predicted molar refractivity (Wildman–Crippen MR) is 112 cm³/mol. The zero-order chi connectivity index (χ0) is 20.1. The van der Waals surface area contributed by atoms with Crippen molar-refractivity contribution in [3.8, 4) is 5.75 Å². The molecule has 3 rings (SSSR count). The number of aromatic nitrogens is 2. The molecule has 28 heavy (non-hydrogen) atoms. The molecular weight excluding hydrogens is 350 g/mol. The molecule has 2 aromatic heterocycles. The largest absolute Gasteiger partial charge is 0.497 e. The van der Waals surface area contributed by atoms with E-state index in [1.165, 1.54) is 0 Å². The first-order chi connectivity index (χ1) is 13.5. The SMILES string of the molecule is COc1cccc(C(CC(=O)NCCC(C)C)c2cnc3c(C)cccn23)c1. The third-order valence-electron chi connectivity index (χ3n) is 5.05. The van der Waals surface area contributed by atoms with Crippen molar-refractivity contribution in [1.82, 2.24) is 14.7 Å². The second-order valence-corrected chi connectivity index (χ2v) is 7.63. The predicted octanol–water partition coefficient (Wildman–Crippen LogP) is 4.34. The van der Waals surface area contributed by atoms with Crippen LogP contribution in [0.4, 0.5) is 0 Å². The van der Waals surface area contributed by atoms with Gasteiger partial charge >= 0.3 is 0 Å². The van der Waals surface area contributed by atoms with E-state index in [-0.39, 0.29) is 11.8 Å². The monoisotopic (exact) mass is 379 g/mol. The maximum absolute atomic E-state index is 12.7. The fourth-order valence-corrected chi connectivity index (χ4v) is 3.44. The topological polar surface area (TPSA) is 55.6 Å². The van der Waals surface area contributed by atoms with Gasteiger partial charge in [-0.1, -0.05) is 32.0 Å². The van der Waals surface area contributed by atoms with Crippen molar-refractivity contribution < 1.29 is 9.53 Å². The molecule has 1 N–H and O–H groups in total. The molecule has 1 atom stereocenters. The molecule has 0 radical (unpaired) electrons. The number of rotatable bonds is 8. The number of imidazole rings is 1. The Balaban J connectivity index is 1.94. The van der Waals surface area contributed by atoms with Crippen molar-refractivity contribution >= 4 is 11.6 Å². The number of carbonyl (C=O) groups is 1. The highest BCUT2D eigenvalue weighted by atomic mass is 16.5. The second kappa shape index (κ2) is 8.91. The highest BCUT2D eigenvalue weighted by Gasteiger charge is 2.22. The molecule has 0 spiro atoms. The molecular formula is C23H29N3O2. The number of nitrogens with zero attached hydrogens (tertiary/aromatic N) is 2. The minimum Gasteiger partial charge on any atom is -0.497 e. The molecule has 2 heterocycles. The summed E-state index contributed by atoms with van der Waals surface area (Å²) in [5, 5.41) is 3.06.